The van der Waals surface area contributed by atoms with Crippen LogP contribution in [0.4, 0.5) is 4.39 Å². The quantitative estimate of drug-likeness (QED) is 0.802. The van der Waals surface area contributed by atoms with E-state index in [1.807, 2.05) is 0 Å². The van der Waals surface area contributed by atoms with E-state index in [2.05, 4.69) is 4.90 Å². The second-order valence-corrected chi connectivity index (χ2v) is 5.69. The molecule has 2 fully saturated rings. The minimum absolute atomic E-state index is 0.0986. The summed E-state index contributed by atoms with van der Waals surface area (Å²) < 4.78 is 13.2. The number of hydrogen-bond donors (Lipinski definition) is 1. The van der Waals surface area contributed by atoms with Gasteiger partial charge in [-0.25, -0.2) is 4.39 Å². The van der Waals surface area contributed by atoms with E-state index in [1.165, 1.54) is 18.9 Å². The third-order valence-corrected chi connectivity index (χ3v) is 3.86. The first-order valence-corrected chi connectivity index (χ1v) is 6.89. The van der Waals surface area contributed by atoms with Crippen molar-refractivity contribution in [2.24, 2.45) is 5.92 Å². The number of carbonyl (C=O) groups excluding carboxylic acids is 1. The van der Waals surface area contributed by atoms with E-state index in [0.717, 1.165) is 37.4 Å². The van der Waals surface area contributed by atoms with Crippen molar-refractivity contribution >= 4 is 5.78 Å². The predicted molar refractivity (Wildman–Crippen MR) is 69.7 cm³/mol. The first kappa shape index (κ1) is 12.6. The van der Waals surface area contributed by atoms with Gasteiger partial charge in [0.2, 0.25) is 0 Å². The average Bonchev–Trinajstić information content (AvgIpc) is 3.24. The predicted octanol–water partition coefficient (Wildman–Crippen LogP) is 2.59. The molecule has 2 aliphatic carbocycles. The fraction of sp³-hybridized carbons (Fsp3) is 0.533. The summed E-state index contributed by atoms with van der Waals surface area (Å²) in [6.45, 7) is 1.25. The molecule has 2 aliphatic rings. The molecule has 4 heteroatoms. The van der Waals surface area contributed by atoms with Crippen LogP contribution in [-0.4, -0.2) is 34.9 Å². The van der Waals surface area contributed by atoms with Gasteiger partial charge in [-0.15, -0.1) is 0 Å². The number of aromatic hydroxyl groups is 1. The minimum Gasteiger partial charge on any atom is -0.507 e. The first-order chi connectivity index (χ1) is 9.13. The van der Waals surface area contributed by atoms with E-state index in [1.54, 1.807) is 0 Å². The van der Waals surface area contributed by atoms with Crippen LogP contribution in [0.15, 0.2) is 18.2 Å². The van der Waals surface area contributed by atoms with Crippen LogP contribution in [0.2, 0.25) is 0 Å². The SMILES string of the molecule is O=C(CN(CC1CC1)C1CC1)c1cc(F)ccc1O. The molecule has 1 aromatic carbocycles. The number of ketones is 1. The second kappa shape index (κ2) is 4.93. The number of phenolic OH excluding ortho intramolecular Hbond substituents is 1. The molecule has 3 nitrogen and oxygen atoms in total. The topological polar surface area (TPSA) is 40.5 Å². The molecule has 0 bridgehead atoms. The van der Waals surface area contributed by atoms with Crippen molar-refractivity contribution in [1.29, 1.82) is 0 Å². The number of Topliss-reactive ketones (excluding diaryl/α,β-unsaturated/α-hetero) is 1. The molecule has 3 rings (SSSR count). The molecule has 0 atom stereocenters. The van der Waals surface area contributed by atoms with Crippen LogP contribution in [0.25, 0.3) is 0 Å². The molecule has 0 saturated heterocycles. The maximum Gasteiger partial charge on any atom is 0.180 e. The Morgan fingerprint density at radius 2 is 2.05 bits per heavy atom. The lowest BCUT2D eigenvalue weighted by Gasteiger charge is -2.21. The number of carbonyl (C=O) groups is 1. The van der Waals surface area contributed by atoms with Gasteiger partial charge < -0.3 is 5.11 Å². The molecule has 0 radical (unpaired) electrons. The van der Waals surface area contributed by atoms with E-state index in [-0.39, 0.29) is 23.6 Å². The van der Waals surface area contributed by atoms with Crippen LogP contribution in [0.3, 0.4) is 0 Å². The molecule has 0 heterocycles. The van der Waals surface area contributed by atoms with Crippen LogP contribution in [0.5, 0.6) is 5.75 Å². The number of halogens is 1. The maximum absolute atomic E-state index is 13.2. The molecule has 1 aromatic rings. The van der Waals surface area contributed by atoms with Crippen molar-refractivity contribution in [3.8, 4) is 5.75 Å². The Morgan fingerprint density at radius 3 is 2.68 bits per heavy atom. The number of phenols is 1. The molecule has 0 amide bonds. The van der Waals surface area contributed by atoms with Crippen LogP contribution in [0.1, 0.15) is 36.0 Å². The van der Waals surface area contributed by atoms with Gasteiger partial charge in [-0.05, 0) is 49.8 Å². The summed E-state index contributed by atoms with van der Waals surface area (Å²) in [6.07, 6.45) is 4.80. The molecule has 0 unspecified atom stereocenters. The average molecular weight is 263 g/mol. The van der Waals surface area contributed by atoms with Crippen molar-refractivity contribution in [3.63, 3.8) is 0 Å². The number of nitrogens with zero attached hydrogens (tertiary/aromatic N) is 1. The van der Waals surface area contributed by atoms with E-state index in [0.29, 0.717) is 6.04 Å². The standard InChI is InChI=1S/C15H18FNO2/c16-11-3-6-14(18)13(7-11)15(19)9-17(12-4-5-12)8-10-1-2-10/h3,6-7,10,12,18H,1-2,4-5,8-9H2. The molecule has 102 valence electrons. The lowest BCUT2D eigenvalue weighted by atomic mass is 10.1. The van der Waals surface area contributed by atoms with Gasteiger partial charge in [0.25, 0.3) is 0 Å². The van der Waals surface area contributed by atoms with Crippen molar-refractivity contribution < 1.29 is 14.3 Å². The summed E-state index contributed by atoms with van der Waals surface area (Å²) in [5.74, 6) is -0.0751. The Balaban J connectivity index is 1.69. The zero-order valence-corrected chi connectivity index (χ0v) is 10.8. The smallest absolute Gasteiger partial charge is 0.180 e. The Kier molecular flexibility index (Phi) is 3.27. The summed E-state index contributed by atoms with van der Waals surface area (Å²) in [7, 11) is 0. The number of hydrogen-bond acceptors (Lipinski definition) is 3. The third kappa shape index (κ3) is 3.13. The van der Waals surface area contributed by atoms with Crippen molar-refractivity contribution in [2.45, 2.75) is 31.7 Å². The van der Waals surface area contributed by atoms with Gasteiger partial charge in [-0.3, -0.25) is 9.69 Å². The summed E-state index contributed by atoms with van der Waals surface area (Å²) in [6, 6.07) is 4.04. The summed E-state index contributed by atoms with van der Waals surface area (Å²) in [5, 5.41) is 9.66. The molecule has 0 aromatic heterocycles. The largest absolute Gasteiger partial charge is 0.507 e. The lowest BCUT2D eigenvalue weighted by molar-refractivity contribution is 0.0918. The normalized spacial score (nSPS) is 18.8. The Hall–Kier alpha value is -1.42. The molecule has 0 aliphatic heterocycles. The summed E-state index contributed by atoms with van der Waals surface area (Å²) in [4.78, 5) is 14.4. The van der Waals surface area contributed by atoms with Gasteiger partial charge >= 0.3 is 0 Å². The molecule has 0 spiro atoms. The van der Waals surface area contributed by atoms with Gasteiger partial charge in [0.15, 0.2) is 5.78 Å². The van der Waals surface area contributed by atoms with Crippen LogP contribution in [0, 0.1) is 11.7 Å². The second-order valence-electron chi connectivity index (χ2n) is 5.69. The van der Waals surface area contributed by atoms with Crippen molar-refractivity contribution in [3.05, 3.63) is 29.6 Å². The van der Waals surface area contributed by atoms with Crippen LogP contribution < -0.4 is 0 Å². The third-order valence-electron chi connectivity index (χ3n) is 3.86. The van der Waals surface area contributed by atoms with E-state index < -0.39 is 5.82 Å². The molecule has 2 saturated carbocycles. The van der Waals surface area contributed by atoms with Crippen LogP contribution in [-0.2, 0) is 0 Å². The highest BCUT2D eigenvalue weighted by Gasteiger charge is 2.34. The van der Waals surface area contributed by atoms with Crippen molar-refractivity contribution in [1.82, 2.24) is 4.90 Å². The summed E-state index contributed by atoms with van der Waals surface area (Å²) >= 11 is 0. The Labute approximate surface area is 112 Å². The molecular weight excluding hydrogens is 245 g/mol. The van der Waals surface area contributed by atoms with Gasteiger partial charge in [-0.2, -0.15) is 0 Å². The van der Waals surface area contributed by atoms with Crippen LogP contribution >= 0.6 is 0 Å². The molecular formula is C15H18FNO2. The van der Waals surface area contributed by atoms with E-state index >= 15 is 0 Å². The highest BCUT2D eigenvalue weighted by Crippen LogP contribution is 2.35. The maximum atomic E-state index is 13.2. The van der Waals surface area contributed by atoms with Gasteiger partial charge in [-0.1, -0.05) is 0 Å². The fourth-order valence-corrected chi connectivity index (χ4v) is 2.42. The monoisotopic (exact) mass is 263 g/mol. The van der Waals surface area contributed by atoms with E-state index in [9.17, 15) is 14.3 Å². The number of benzene rings is 1. The minimum atomic E-state index is -0.485. The van der Waals surface area contributed by atoms with Gasteiger partial charge in [0, 0.05) is 12.6 Å². The summed E-state index contributed by atoms with van der Waals surface area (Å²) in [5.41, 5.74) is 0.0986. The number of rotatable bonds is 6. The van der Waals surface area contributed by atoms with E-state index in [4.69, 9.17) is 0 Å². The molecule has 19 heavy (non-hydrogen) atoms. The zero-order chi connectivity index (χ0) is 13.4. The Bertz CT molecular complexity index is 495. The van der Waals surface area contributed by atoms with Crippen molar-refractivity contribution in [2.75, 3.05) is 13.1 Å². The Morgan fingerprint density at radius 1 is 1.32 bits per heavy atom. The van der Waals surface area contributed by atoms with Gasteiger partial charge in [0.05, 0.1) is 12.1 Å². The highest BCUT2D eigenvalue weighted by atomic mass is 19.1. The highest BCUT2D eigenvalue weighted by molar-refractivity contribution is 6.00. The lowest BCUT2D eigenvalue weighted by Crippen LogP contribution is -2.33. The first-order valence-electron chi connectivity index (χ1n) is 6.89. The fourth-order valence-electron chi connectivity index (χ4n) is 2.42. The molecule has 1 N–H and O–H groups in total. The van der Waals surface area contributed by atoms with Gasteiger partial charge in [0.1, 0.15) is 11.6 Å². The zero-order valence-electron chi connectivity index (χ0n) is 10.8.